The summed E-state index contributed by atoms with van der Waals surface area (Å²) in [6, 6.07) is 6.37. The highest BCUT2D eigenvalue weighted by atomic mass is 32.1. The molecule has 29 heavy (non-hydrogen) atoms. The first kappa shape index (κ1) is 20.8. The molecule has 2 fully saturated rings. The molecule has 0 spiro atoms. The van der Waals surface area contributed by atoms with Crippen molar-refractivity contribution >= 4 is 36.3 Å². The largest absolute Gasteiger partial charge is 0.447 e. The minimum atomic E-state index is -0.379. The maximum atomic E-state index is 12.1. The van der Waals surface area contributed by atoms with Crippen molar-refractivity contribution in [2.45, 2.75) is 70.8 Å². The van der Waals surface area contributed by atoms with Crippen LogP contribution in [0.15, 0.2) is 24.4 Å². The van der Waals surface area contributed by atoms with Crippen molar-refractivity contribution in [1.82, 2.24) is 4.98 Å². The Kier molecular flexibility index (Phi) is 6.87. The minimum absolute atomic E-state index is 0.122. The second-order valence-electron chi connectivity index (χ2n) is 8.40. The molecule has 0 unspecified atom stereocenters. The van der Waals surface area contributed by atoms with Gasteiger partial charge in [0.2, 0.25) is 0 Å². The van der Waals surface area contributed by atoms with Gasteiger partial charge in [-0.2, -0.15) is 0 Å². The molecule has 0 bridgehead atoms. The van der Waals surface area contributed by atoms with Gasteiger partial charge in [-0.15, -0.1) is 11.3 Å². The fraction of sp³-hybridized carbons (Fsp3) is 0.565. The Balaban J connectivity index is 1.60. The van der Waals surface area contributed by atoms with E-state index in [2.05, 4.69) is 23.6 Å². The van der Waals surface area contributed by atoms with Gasteiger partial charge < -0.3 is 4.74 Å². The van der Waals surface area contributed by atoms with Gasteiger partial charge >= 0.3 is 6.09 Å². The number of carbonyl (C=O) groups excluding carboxylic acids is 1. The van der Waals surface area contributed by atoms with E-state index in [9.17, 15) is 4.79 Å². The van der Waals surface area contributed by atoms with Crippen LogP contribution in [0.3, 0.4) is 0 Å². The lowest BCUT2D eigenvalue weighted by molar-refractivity contribution is 0.130. The van der Waals surface area contributed by atoms with Crippen LogP contribution >= 0.6 is 19.3 Å². The zero-order chi connectivity index (χ0) is 20.2. The lowest BCUT2D eigenvalue weighted by Crippen LogP contribution is -2.19. The van der Waals surface area contributed by atoms with Crippen LogP contribution in [0.1, 0.15) is 69.7 Å². The molecule has 1 N–H and O–H groups in total. The zero-order valence-corrected chi connectivity index (χ0v) is 19.2. The van der Waals surface area contributed by atoms with Gasteiger partial charge in [-0.25, -0.2) is 9.78 Å². The van der Waals surface area contributed by atoms with E-state index in [-0.39, 0.29) is 20.1 Å². The molecule has 6 heteroatoms. The standard InChI is InChI=1S/C23H31N2O2PS/c1-16(2)27-23(26)25-18-10-11-19(20(14-18)28-12-6-7-13-28)21-15-24-22(29-21)17-8-4-3-5-9-17/h10-11,14-17H,3-9,12-13H2,1-2H3,(H,25,26). The number of nitrogens with one attached hydrogen (secondary N) is 1. The normalized spacial score (nSPS) is 18.3. The number of hydrogen-bond donors (Lipinski definition) is 1. The number of rotatable bonds is 5. The number of aromatic nitrogens is 1. The Labute approximate surface area is 179 Å². The number of carbonyl (C=O) groups is 1. The van der Waals surface area contributed by atoms with Crippen LogP contribution in [0.5, 0.6) is 0 Å². The van der Waals surface area contributed by atoms with Crippen molar-refractivity contribution in [2.75, 3.05) is 17.6 Å². The van der Waals surface area contributed by atoms with E-state index < -0.39 is 0 Å². The predicted octanol–water partition coefficient (Wildman–Crippen LogP) is 6.72. The van der Waals surface area contributed by atoms with E-state index >= 15 is 0 Å². The van der Waals surface area contributed by atoms with Crippen LogP contribution in [0, 0.1) is 0 Å². The van der Waals surface area contributed by atoms with Crippen LogP contribution < -0.4 is 10.6 Å². The van der Waals surface area contributed by atoms with E-state index in [1.807, 2.05) is 31.3 Å². The van der Waals surface area contributed by atoms with Crippen LogP contribution in [0.4, 0.5) is 10.5 Å². The molecule has 2 aromatic rings. The molecule has 1 aliphatic carbocycles. The SMILES string of the molecule is CC(C)OC(=O)Nc1ccc(-c2cnc(C3CCCCC3)s2)c(P2CCCC2)c1. The molecule has 1 aliphatic heterocycles. The average molecular weight is 431 g/mol. The lowest BCUT2D eigenvalue weighted by atomic mass is 9.90. The van der Waals surface area contributed by atoms with Gasteiger partial charge in [0.05, 0.1) is 16.0 Å². The average Bonchev–Trinajstić information content (AvgIpc) is 3.40. The minimum Gasteiger partial charge on any atom is -0.447 e. The van der Waals surface area contributed by atoms with E-state index in [1.165, 1.54) is 78.0 Å². The summed E-state index contributed by atoms with van der Waals surface area (Å²) in [5, 5.41) is 5.64. The van der Waals surface area contributed by atoms with E-state index in [0.29, 0.717) is 5.92 Å². The molecule has 2 heterocycles. The van der Waals surface area contributed by atoms with Gasteiger partial charge in [-0.05, 0) is 69.3 Å². The Bertz CT molecular complexity index is 839. The topological polar surface area (TPSA) is 51.2 Å². The molecule has 1 saturated carbocycles. The first-order valence-corrected chi connectivity index (χ1v) is 13.5. The molecule has 1 aromatic carbocycles. The Morgan fingerprint density at radius 3 is 2.66 bits per heavy atom. The maximum Gasteiger partial charge on any atom is 0.411 e. The number of thiazole rings is 1. The highest BCUT2D eigenvalue weighted by Crippen LogP contribution is 2.46. The predicted molar refractivity (Wildman–Crippen MR) is 124 cm³/mol. The summed E-state index contributed by atoms with van der Waals surface area (Å²) in [6.45, 7) is 3.73. The summed E-state index contributed by atoms with van der Waals surface area (Å²) in [5.74, 6) is 0.648. The second kappa shape index (κ2) is 9.57. The first-order valence-electron chi connectivity index (χ1n) is 10.9. The van der Waals surface area contributed by atoms with Gasteiger partial charge in [0.25, 0.3) is 0 Å². The molecule has 1 amide bonds. The number of ether oxygens (including phenoxy) is 1. The highest BCUT2D eigenvalue weighted by molar-refractivity contribution is 7.66. The molecular formula is C23H31N2O2PS. The number of anilines is 1. The molecule has 4 nitrogen and oxygen atoms in total. The molecular weight excluding hydrogens is 399 g/mol. The number of nitrogens with zero attached hydrogens (tertiary/aromatic N) is 1. The molecule has 0 radical (unpaired) electrons. The fourth-order valence-electron chi connectivity index (χ4n) is 4.35. The van der Waals surface area contributed by atoms with E-state index in [1.54, 1.807) is 0 Å². The van der Waals surface area contributed by atoms with Gasteiger partial charge in [0.1, 0.15) is 0 Å². The molecule has 1 aromatic heterocycles. The molecule has 0 atom stereocenters. The van der Waals surface area contributed by atoms with Crippen LogP contribution in [0.2, 0.25) is 0 Å². The summed E-state index contributed by atoms with van der Waals surface area (Å²) in [7, 11) is -0.161. The maximum absolute atomic E-state index is 12.1. The Morgan fingerprint density at radius 1 is 1.17 bits per heavy atom. The van der Waals surface area contributed by atoms with Crippen molar-refractivity contribution in [3.8, 4) is 10.4 Å². The third kappa shape index (κ3) is 5.19. The summed E-state index contributed by atoms with van der Waals surface area (Å²) >= 11 is 1.88. The van der Waals surface area contributed by atoms with Crippen molar-refractivity contribution < 1.29 is 9.53 Å². The van der Waals surface area contributed by atoms with Gasteiger partial charge in [0.15, 0.2) is 0 Å². The monoisotopic (exact) mass is 430 g/mol. The second-order valence-corrected chi connectivity index (χ2v) is 11.9. The van der Waals surface area contributed by atoms with Crippen LogP contribution in [-0.2, 0) is 4.74 Å². The summed E-state index contributed by atoms with van der Waals surface area (Å²) in [5.41, 5.74) is 2.15. The van der Waals surface area contributed by atoms with Gasteiger partial charge in [-0.3, -0.25) is 5.32 Å². The van der Waals surface area contributed by atoms with Crippen molar-refractivity contribution in [1.29, 1.82) is 0 Å². The van der Waals surface area contributed by atoms with Crippen molar-refractivity contribution in [2.24, 2.45) is 0 Å². The summed E-state index contributed by atoms with van der Waals surface area (Å²) in [4.78, 5) is 18.2. The lowest BCUT2D eigenvalue weighted by Gasteiger charge is -2.19. The van der Waals surface area contributed by atoms with Crippen molar-refractivity contribution in [3.05, 3.63) is 29.4 Å². The molecule has 2 aliphatic rings. The molecule has 4 rings (SSSR count). The quantitative estimate of drug-likeness (QED) is 0.536. The Morgan fingerprint density at radius 2 is 1.93 bits per heavy atom. The Hall–Kier alpha value is -1.45. The van der Waals surface area contributed by atoms with Crippen LogP contribution in [0.25, 0.3) is 10.4 Å². The third-order valence-electron chi connectivity index (χ3n) is 5.78. The van der Waals surface area contributed by atoms with Gasteiger partial charge in [-0.1, -0.05) is 33.3 Å². The van der Waals surface area contributed by atoms with E-state index in [4.69, 9.17) is 9.72 Å². The zero-order valence-electron chi connectivity index (χ0n) is 17.4. The number of hydrogen-bond acceptors (Lipinski definition) is 4. The van der Waals surface area contributed by atoms with Crippen LogP contribution in [-0.4, -0.2) is 29.5 Å². The van der Waals surface area contributed by atoms with Crippen molar-refractivity contribution in [3.63, 3.8) is 0 Å². The summed E-state index contributed by atoms with van der Waals surface area (Å²) in [6.07, 6.45) is 13.4. The summed E-state index contributed by atoms with van der Waals surface area (Å²) < 4.78 is 5.25. The van der Waals surface area contributed by atoms with E-state index in [0.717, 1.165) is 5.69 Å². The highest BCUT2D eigenvalue weighted by Gasteiger charge is 2.24. The smallest absolute Gasteiger partial charge is 0.411 e. The molecule has 156 valence electrons. The fourth-order valence-corrected chi connectivity index (χ4v) is 8.32. The molecule has 1 saturated heterocycles. The first-order chi connectivity index (χ1) is 14.1. The number of amides is 1. The van der Waals surface area contributed by atoms with Gasteiger partial charge in [0, 0.05) is 23.4 Å². The number of benzene rings is 1. The third-order valence-corrected chi connectivity index (χ3v) is 9.73.